The molecule has 0 aromatic heterocycles. The molecule has 21 heavy (non-hydrogen) atoms. The summed E-state index contributed by atoms with van der Waals surface area (Å²) in [6, 6.07) is 0. The van der Waals surface area contributed by atoms with Crippen LogP contribution in [0.3, 0.4) is 0 Å². The molecule has 0 fully saturated rings. The first-order valence-corrected chi connectivity index (χ1v) is 9.61. The summed E-state index contributed by atoms with van der Waals surface area (Å²) in [7, 11) is -3.99. The van der Waals surface area contributed by atoms with Crippen molar-refractivity contribution in [2.45, 2.75) is 78.1 Å². The Morgan fingerprint density at radius 2 is 1.24 bits per heavy atom. The highest BCUT2D eigenvalue weighted by atomic mass is 31.2. The lowest BCUT2D eigenvalue weighted by molar-refractivity contribution is 0.243. The Morgan fingerprint density at radius 1 is 0.810 bits per heavy atom. The van der Waals surface area contributed by atoms with Crippen LogP contribution in [-0.4, -0.2) is 4.89 Å². The highest BCUT2D eigenvalue weighted by molar-refractivity contribution is 7.47. The second-order valence-corrected chi connectivity index (χ2v) is 6.48. The lowest BCUT2D eigenvalue weighted by Gasteiger charge is -2.07. The monoisotopic (exact) mass is 318 g/mol. The molecule has 0 aliphatic heterocycles. The highest BCUT2D eigenvalue weighted by Crippen LogP contribution is 2.43. The Hall–Kier alpha value is -0.730. The van der Waals surface area contributed by atoms with Crippen LogP contribution in [0.4, 0.5) is 0 Å². The number of phosphoric acid groups is 1. The van der Waals surface area contributed by atoms with Crippen LogP contribution >= 0.6 is 7.82 Å². The molecule has 0 rings (SSSR count). The first kappa shape index (κ1) is 20.3. The van der Waals surface area contributed by atoms with Gasteiger partial charge < -0.3 is 9.05 Å². The van der Waals surface area contributed by atoms with Gasteiger partial charge in [0.25, 0.3) is 0 Å². The lowest BCUT2D eigenvalue weighted by atomic mass is 10.2. The number of hydrogen-bond acceptors (Lipinski definition) is 3. The standard InChI is InChI=1S/C16H31O4P/c1-3-5-7-9-11-13-15-19-21(17,18)20-16-14-12-10-8-6-4-2/h13-16H,3-12H2,1-2H3,(H,17,18). The third-order valence-electron chi connectivity index (χ3n) is 3.03. The number of rotatable bonds is 14. The van der Waals surface area contributed by atoms with Crippen molar-refractivity contribution in [3.8, 4) is 0 Å². The second kappa shape index (κ2) is 14.2. The second-order valence-electron chi connectivity index (χ2n) is 5.12. The van der Waals surface area contributed by atoms with Crippen LogP contribution in [0.15, 0.2) is 24.7 Å². The van der Waals surface area contributed by atoms with E-state index >= 15 is 0 Å². The number of phosphoric ester groups is 1. The van der Waals surface area contributed by atoms with Crippen LogP contribution in [0.1, 0.15) is 78.1 Å². The molecule has 0 amide bonds. The maximum Gasteiger partial charge on any atom is 0.583 e. The molecule has 5 heteroatoms. The summed E-state index contributed by atoms with van der Waals surface area (Å²) >= 11 is 0. The van der Waals surface area contributed by atoms with E-state index < -0.39 is 7.82 Å². The number of unbranched alkanes of at least 4 members (excludes halogenated alkanes) is 8. The summed E-state index contributed by atoms with van der Waals surface area (Å²) < 4.78 is 21.0. The zero-order chi connectivity index (χ0) is 15.8. The lowest BCUT2D eigenvalue weighted by Crippen LogP contribution is -1.84. The summed E-state index contributed by atoms with van der Waals surface area (Å²) in [6.07, 6.45) is 17.1. The van der Waals surface area contributed by atoms with Gasteiger partial charge in [0.05, 0.1) is 12.5 Å². The minimum atomic E-state index is -3.99. The maximum atomic E-state index is 11.5. The molecule has 0 bridgehead atoms. The predicted octanol–water partition coefficient (Wildman–Crippen LogP) is 6.09. The van der Waals surface area contributed by atoms with E-state index in [0.717, 1.165) is 25.7 Å². The average Bonchev–Trinajstić information content (AvgIpc) is 2.45. The van der Waals surface area contributed by atoms with Crippen molar-refractivity contribution in [2.75, 3.05) is 0 Å². The molecule has 124 valence electrons. The van der Waals surface area contributed by atoms with E-state index in [-0.39, 0.29) is 0 Å². The van der Waals surface area contributed by atoms with Crippen LogP contribution in [0.5, 0.6) is 0 Å². The largest absolute Gasteiger partial charge is 0.583 e. The molecule has 0 aromatic carbocycles. The van der Waals surface area contributed by atoms with Crippen molar-refractivity contribution < 1.29 is 18.5 Å². The van der Waals surface area contributed by atoms with Gasteiger partial charge >= 0.3 is 7.82 Å². The topological polar surface area (TPSA) is 55.8 Å². The number of hydrogen-bond donors (Lipinski definition) is 1. The molecule has 0 atom stereocenters. The fourth-order valence-electron chi connectivity index (χ4n) is 1.78. The van der Waals surface area contributed by atoms with Gasteiger partial charge in [0.15, 0.2) is 0 Å². The zero-order valence-electron chi connectivity index (χ0n) is 13.5. The summed E-state index contributed by atoms with van der Waals surface area (Å²) in [4.78, 5) is 9.40. The van der Waals surface area contributed by atoms with Crippen molar-refractivity contribution in [3.05, 3.63) is 24.7 Å². The van der Waals surface area contributed by atoms with E-state index in [0.29, 0.717) is 0 Å². The Morgan fingerprint density at radius 3 is 1.62 bits per heavy atom. The van der Waals surface area contributed by atoms with Gasteiger partial charge in [0.2, 0.25) is 0 Å². The van der Waals surface area contributed by atoms with Gasteiger partial charge in [0, 0.05) is 0 Å². The molecule has 0 spiro atoms. The minimum absolute atomic E-state index is 0.854. The zero-order valence-corrected chi connectivity index (χ0v) is 14.4. The van der Waals surface area contributed by atoms with Gasteiger partial charge in [-0.1, -0.05) is 52.4 Å². The summed E-state index contributed by atoms with van der Waals surface area (Å²) in [5.41, 5.74) is 0. The van der Waals surface area contributed by atoms with Crippen molar-refractivity contribution in [1.82, 2.24) is 0 Å². The Bertz CT molecular complexity index is 298. The molecule has 0 saturated heterocycles. The molecule has 0 aromatic rings. The van der Waals surface area contributed by atoms with E-state index in [1.807, 2.05) is 0 Å². The van der Waals surface area contributed by atoms with Crippen LogP contribution in [0.2, 0.25) is 0 Å². The molecule has 0 unspecified atom stereocenters. The van der Waals surface area contributed by atoms with Gasteiger partial charge in [0.1, 0.15) is 0 Å². The first-order chi connectivity index (χ1) is 10.1. The van der Waals surface area contributed by atoms with Gasteiger partial charge in [-0.3, -0.25) is 4.89 Å². The maximum absolute atomic E-state index is 11.5. The van der Waals surface area contributed by atoms with Crippen LogP contribution in [0, 0.1) is 0 Å². The smallest absolute Gasteiger partial charge is 0.404 e. The number of allylic oxidation sites excluding steroid dienone is 2. The minimum Gasteiger partial charge on any atom is -0.404 e. The van der Waals surface area contributed by atoms with E-state index in [2.05, 4.69) is 13.8 Å². The van der Waals surface area contributed by atoms with Crippen LogP contribution in [-0.2, 0) is 13.6 Å². The fourth-order valence-corrected chi connectivity index (χ4v) is 2.31. The predicted molar refractivity (Wildman–Crippen MR) is 87.8 cm³/mol. The van der Waals surface area contributed by atoms with E-state index in [9.17, 15) is 9.46 Å². The third kappa shape index (κ3) is 15.5. The third-order valence-corrected chi connectivity index (χ3v) is 3.81. The van der Waals surface area contributed by atoms with Crippen molar-refractivity contribution in [3.63, 3.8) is 0 Å². The van der Waals surface area contributed by atoms with E-state index in [1.165, 1.54) is 51.0 Å². The normalized spacial score (nSPS) is 14.6. The van der Waals surface area contributed by atoms with Crippen LogP contribution < -0.4 is 0 Å². The molecule has 4 nitrogen and oxygen atoms in total. The summed E-state index contributed by atoms with van der Waals surface area (Å²) in [5, 5.41) is 0. The van der Waals surface area contributed by atoms with Gasteiger partial charge in [-0.15, -0.1) is 0 Å². The van der Waals surface area contributed by atoms with Crippen molar-refractivity contribution >= 4 is 7.82 Å². The molecular formula is C16H31O4P. The molecule has 0 aliphatic rings. The molecular weight excluding hydrogens is 287 g/mol. The Labute approximate surface area is 129 Å². The Kier molecular flexibility index (Phi) is 13.7. The van der Waals surface area contributed by atoms with Gasteiger partial charge in [-0.2, -0.15) is 0 Å². The average molecular weight is 318 g/mol. The van der Waals surface area contributed by atoms with Gasteiger partial charge in [-0.25, -0.2) is 4.57 Å². The quantitative estimate of drug-likeness (QED) is 0.239. The van der Waals surface area contributed by atoms with E-state index in [1.54, 1.807) is 12.2 Å². The summed E-state index contributed by atoms with van der Waals surface area (Å²) in [5.74, 6) is 0. The molecule has 0 saturated carbocycles. The highest BCUT2D eigenvalue weighted by Gasteiger charge is 2.19. The summed E-state index contributed by atoms with van der Waals surface area (Å²) in [6.45, 7) is 4.32. The molecule has 1 N–H and O–H groups in total. The first-order valence-electron chi connectivity index (χ1n) is 8.12. The molecule has 0 radical (unpaired) electrons. The fraction of sp³-hybridized carbons (Fsp3) is 0.750. The Balaban J connectivity index is 3.65. The van der Waals surface area contributed by atoms with Crippen molar-refractivity contribution in [1.29, 1.82) is 0 Å². The molecule has 0 aliphatic carbocycles. The van der Waals surface area contributed by atoms with Gasteiger partial charge in [-0.05, 0) is 37.8 Å². The SMILES string of the molecule is CCCCCCC=COP(=O)(O)OC=CCCCCCC. The van der Waals surface area contributed by atoms with E-state index in [4.69, 9.17) is 9.05 Å². The molecule has 0 heterocycles. The van der Waals surface area contributed by atoms with Crippen LogP contribution in [0.25, 0.3) is 0 Å². The van der Waals surface area contributed by atoms with Crippen molar-refractivity contribution in [2.24, 2.45) is 0 Å².